The maximum Gasteiger partial charge on any atom is 0.287 e. The van der Waals surface area contributed by atoms with Crippen molar-refractivity contribution >= 4 is 30.5 Å². The van der Waals surface area contributed by atoms with E-state index < -0.39 is 13.0 Å². The zero-order chi connectivity index (χ0) is 10.9. The minimum atomic E-state index is -1.50. The van der Waals surface area contributed by atoms with Crippen LogP contribution in [0.4, 0.5) is 5.69 Å². The molecule has 0 spiro atoms. The maximum atomic E-state index is 10.6. The lowest BCUT2D eigenvalue weighted by molar-refractivity contribution is -0.384. The van der Waals surface area contributed by atoms with Crippen LogP contribution in [0.15, 0.2) is 18.2 Å². The van der Waals surface area contributed by atoms with Gasteiger partial charge in [-0.3, -0.25) is 10.1 Å². The summed E-state index contributed by atoms with van der Waals surface area (Å²) in [6.07, 6.45) is 0. The largest absolute Gasteiger partial charge is 0.287 e. The number of nitrogens with zero attached hydrogens (tertiary/aromatic N) is 1. The van der Waals surface area contributed by atoms with E-state index in [1.54, 1.807) is 12.1 Å². The van der Waals surface area contributed by atoms with E-state index in [9.17, 15) is 10.1 Å². The van der Waals surface area contributed by atoms with Crippen molar-refractivity contribution in [3.8, 4) is 0 Å². The third-order valence-electron chi connectivity index (χ3n) is 2.01. The topological polar surface area (TPSA) is 43.1 Å². The molecular weight excluding hydrogens is 218 g/mol. The smallest absolute Gasteiger partial charge is 0.258 e. The Morgan fingerprint density at radius 1 is 1.36 bits per heavy atom. The SMILES string of the molecule is C[Si](C)(C)c1ccc(Cl)c([N+](=O)[O-])c1. The highest BCUT2D eigenvalue weighted by atomic mass is 35.5. The molecule has 5 heteroatoms. The van der Waals surface area contributed by atoms with E-state index in [-0.39, 0.29) is 10.7 Å². The zero-order valence-corrected chi connectivity index (χ0v) is 10.1. The standard InChI is InChI=1S/C9H12ClNO2Si/c1-14(2,3)7-4-5-8(10)9(6-7)11(12)13/h4-6H,1-3H3. The van der Waals surface area contributed by atoms with E-state index in [2.05, 4.69) is 19.6 Å². The van der Waals surface area contributed by atoms with Gasteiger partial charge in [0.25, 0.3) is 5.69 Å². The van der Waals surface area contributed by atoms with Crippen LogP contribution in [0.25, 0.3) is 0 Å². The molecule has 1 aromatic carbocycles. The van der Waals surface area contributed by atoms with Gasteiger partial charge >= 0.3 is 0 Å². The summed E-state index contributed by atoms with van der Waals surface area (Å²) in [5.41, 5.74) is 0.00610. The van der Waals surface area contributed by atoms with Crippen LogP contribution in [-0.2, 0) is 0 Å². The van der Waals surface area contributed by atoms with Crippen molar-refractivity contribution < 1.29 is 4.92 Å². The second-order valence-electron chi connectivity index (χ2n) is 4.17. The highest BCUT2D eigenvalue weighted by Gasteiger charge is 2.21. The quantitative estimate of drug-likeness (QED) is 0.445. The van der Waals surface area contributed by atoms with E-state index in [0.29, 0.717) is 0 Å². The van der Waals surface area contributed by atoms with Crippen LogP contribution in [0.5, 0.6) is 0 Å². The van der Waals surface area contributed by atoms with Crippen LogP contribution in [-0.4, -0.2) is 13.0 Å². The molecule has 1 rings (SSSR count). The predicted molar refractivity (Wildman–Crippen MR) is 61.1 cm³/mol. The van der Waals surface area contributed by atoms with Gasteiger partial charge in [0.1, 0.15) is 5.02 Å². The molecule has 3 nitrogen and oxygen atoms in total. The van der Waals surface area contributed by atoms with Crippen LogP contribution in [0.2, 0.25) is 24.7 Å². The second-order valence-corrected chi connectivity index (χ2v) is 9.66. The van der Waals surface area contributed by atoms with Crippen molar-refractivity contribution in [2.24, 2.45) is 0 Å². The molecule has 0 aliphatic rings. The van der Waals surface area contributed by atoms with Gasteiger partial charge in [-0.2, -0.15) is 0 Å². The highest BCUT2D eigenvalue weighted by molar-refractivity contribution is 6.88. The monoisotopic (exact) mass is 229 g/mol. The second kappa shape index (κ2) is 3.71. The fourth-order valence-corrected chi connectivity index (χ4v) is 2.46. The summed E-state index contributed by atoms with van der Waals surface area (Å²) in [5, 5.41) is 11.9. The molecule has 0 bridgehead atoms. The van der Waals surface area contributed by atoms with Crippen molar-refractivity contribution in [3.63, 3.8) is 0 Å². The van der Waals surface area contributed by atoms with Gasteiger partial charge < -0.3 is 0 Å². The van der Waals surface area contributed by atoms with E-state index in [1.165, 1.54) is 0 Å². The summed E-state index contributed by atoms with van der Waals surface area (Å²) < 4.78 is 0. The summed E-state index contributed by atoms with van der Waals surface area (Å²) in [6.45, 7) is 6.42. The molecule has 0 fully saturated rings. The molecule has 14 heavy (non-hydrogen) atoms. The average Bonchev–Trinajstić information content (AvgIpc) is 2.02. The van der Waals surface area contributed by atoms with Crippen LogP contribution in [0, 0.1) is 10.1 Å². The molecule has 0 radical (unpaired) electrons. The third kappa shape index (κ3) is 2.33. The van der Waals surface area contributed by atoms with Crippen LogP contribution in [0.1, 0.15) is 0 Å². The number of rotatable bonds is 2. The van der Waals surface area contributed by atoms with Gasteiger partial charge in [0.2, 0.25) is 0 Å². The molecule has 0 atom stereocenters. The molecule has 0 aliphatic heterocycles. The number of hydrogen-bond donors (Lipinski definition) is 0. The van der Waals surface area contributed by atoms with Gasteiger partial charge in [-0.15, -0.1) is 0 Å². The molecule has 0 aliphatic carbocycles. The van der Waals surface area contributed by atoms with Crippen LogP contribution >= 0.6 is 11.6 Å². The molecule has 0 saturated heterocycles. The molecule has 76 valence electrons. The molecular formula is C9H12ClNO2Si. The Bertz CT molecular complexity index is 374. The number of nitro benzene ring substituents is 1. The van der Waals surface area contributed by atoms with Gasteiger partial charge in [0.05, 0.1) is 13.0 Å². The Hall–Kier alpha value is -0.873. The maximum absolute atomic E-state index is 10.6. The normalized spacial score (nSPS) is 11.4. The summed E-state index contributed by atoms with van der Waals surface area (Å²) in [7, 11) is -1.50. The van der Waals surface area contributed by atoms with Crippen LogP contribution < -0.4 is 5.19 Å². The Morgan fingerprint density at radius 3 is 2.36 bits per heavy atom. The summed E-state index contributed by atoms with van der Waals surface area (Å²) in [5.74, 6) is 0. The number of benzene rings is 1. The third-order valence-corrected chi connectivity index (χ3v) is 4.37. The summed E-state index contributed by atoms with van der Waals surface area (Å²) >= 11 is 5.72. The lowest BCUT2D eigenvalue weighted by Gasteiger charge is -2.15. The van der Waals surface area contributed by atoms with Crippen molar-refractivity contribution in [1.82, 2.24) is 0 Å². The van der Waals surface area contributed by atoms with E-state index in [0.717, 1.165) is 5.19 Å². The zero-order valence-electron chi connectivity index (χ0n) is 8.37. The van der Waals surface area contributed by atoms with Gasteiger partial charge in [-0.05, 0) is 6.07 Å². The first-order valence-corrected chi connectivity index (χ1v) is 8.14. The Balaban J connectivity index is 3.27. The molecule has 0 aromatic heterocycles. The first-order valence-electron chi connectivity index (χ1n) is 4.27. The first kappa shape index (κ1) is 11.2. The molecule has 1 aromatic rings. The lowest BCUT2D eigenvalue weighted by Crippen LogP contribution is -2.37. The Labute approximate surface area is 88.9 Å². The van der Waals surface area contributed by atoms with E-state index >= 15 is 0 Å². The van der Waals surface area contributed by atoms with Gasteiger partial charge in [-0.1, -0.05) is 42.5 Å². The molecule has 0 unspecified atom stereocenters. The number of hydrogen-bond acceptors (Lipinski definition) is 2. The number of nitro groups is 1. The molecule has 0 heterocycles. The first-order chi connectivity index (χ1) is 6.32. The van der Waals surface area contributed by atoms with Gasteiger partial charge in [-0.25, -0.2) is 0 Å². The van der Waals surface area contributed by atoms with Crippen molar-refractivity contribution in [1.29, 1.82) is 0 Å². The fraction of sp³-hybridized carbons (Fsp3) is 0.333. The van der Waals surface area contributed by atoms with Crippen molar-refractivity contribution in [3.05, 3.63) is 33.3 Å². The van der Waals surface area contributed by atoms with Gasteiger partial charge in [0.15, 0.2) is 0 Å². The lowest BCUT2D eigenvalue weighted by atomic mass is 10.3. The Morgan fingerprint density at radius 2 is 1.93 bits per heavy atom. The minimum Gasteiger partial charge on any atom is -0.258 e. The van der Waals surface area contributed by atoms with Crippen molar-refractivity contribution in [2.45, 2.75) is 19.6 Å². The fourth-order valence-electron chi connectivity index (χ4n) is 1.12. The molecule has 0 saturated carbocycles. The van der Waals surface area contributed by atoms with Gasteiger partial charge in [0, 0.05) is 6.07 Å². The van der Waals surface area contributed by atoms with E-state index in [1.807, 2.05) is 6.07 Å². The van der Waals surface area contributed by atoms with E-state index in [4.69, 9.17) is 11.6 Å². The summed E-state index contributed by atoms with van der Waals surface area (Å²) in [6, 6.07) is 5.07. The average molecular weight is 230 g/mol. The number of halogens is 1. The van der Waals surface area contributed by atoms with Crippen LogP contribution in [0.3, 0.4) is 0 Å². The minimum absolute atomic E-state index is 0.00610. The predicted octanol–water partition coefficient (Wildman–Crippen LogP) is 2.79. The highest BCUT2D eigenvalue weighted by Crippen LogP contribution is 2.23. The van der Waals surface area contributed by atoms with Crippen molar-refractivity contribution in [2.75, 3.05) is 0 Å². The molecule has 0 amide bonds. The molecule has 0 N–H and O–H groups in total. The Kier molecular flexibility index (Phi) is 2.97. The summed E-state index contributed by atoms with van der Waals surface area (Å²) in [4.78, 5) is 10.2.